The largest absolute Gasteiger partial charge is 0.481 e. The van der Waals surface area contributed by atoms with Crippen LogP contribution in [0.15, 0.2) is 115 Å². The Bertz CT molecular complexity index is 1770. The standard InChI is InChI=1S/C37H34N2O4/c1-26-11-2-3-12-27(26)21-23-39(24-22-35(40)41)37(43)34-20-9-7-18-32(34)31-17-6-8-19-33(31)36(42)38-25-29-15-10-14-28-13-4-5-16-30(28)29/h2-20H,21-25H2,1H3,(H,38,42)(H,40,41). The van der Waals surface area contributed by atoms with Crippen LogP contribution >= 0.6 is 0 Å². The van der Waals surface area contributed by atoms with E-state index in [0.717, 1.165) is 27.5 Å². The van der Waals surface area contributed by atoms with Crippen LogP contribution in [-0.2, 0) is 17.8 Å². The summed E-state index contributed by atoms with van der Waals surface area (Å²) in [6.45, 7) is 2.84. The first-order valence-electron chi connectivity index (χ1n) is 14.4. The van der Waals surface area contributed by atoms with E-state index in [2.05, 4.69) is 5.32 Å². The predicted octanol–water partition coefficient (Wildman–Crippen LogP) is 6.90. The third kappa shape index (κ3) is 6.99. The smallest absolute Gasteiger partial charge is 0.305 e. The minimum absolute atomic E-state index is 0.0849. The van der Waals surface area contributed by atoms with Crippen LogP contribution in [0.25, 0.3) is 21.9 Å². The molecule has 0 saturated heterocycles. The zero-order valence-electron chi connectivity index (χ0n) is 24.1. The molecule has 0 unspecified atom stereocenters. The molecule has 43 heavy (non-hydrogen) atoms. The number of aryl methyl sites for hydroxylation is 1. The van der Waals surface area contributed by atoms with Crippen LogP contribution in [0, 0.1) is 6.92 Å². The minimum atomic E-state index is -0.963. The molecule has 0 atom stereocenters. The van der Waals surface area contributed by atoms with Crippen molar-refractivity contribution in [3.63, 3.8) is 0 Å². The SMILES string of the molecule is Cc1ccccc1CCN(CCC(=O)O)C(=O)c1ccccc1-c1ccccc1C(=O)NCc1cccc2ccccc12. The Morgan fingerprint density at radius 2 is 1.28 bits per heavy atom. The second kappa shape index (κ2) is 13.6. The van der Waals surface area contributed by atoms with Gasteiger partial charge >= 0.3 is 5.97 Å². The van der Waals surface area contributed by atoms with Gasteiger partial charge in [-0.05, 0) is 64.1 Å². The summed E-state index contributed by atoms with van der Waals surface area (Å²) in [5, 5.41) is 14.6. The quantitative estimate of drug-likeness (QED) is 0.181. The Balaban J connectivity index is 1.41. The predicted molar refractivity (Wildman–Crippen MR) is 170 cm³/mol. The lowest BCUT2D eigenvalue weighted by molar-refractivity contribution is -0.137. The van der Waals surface area contributed by atoms with E-state index in [-0.39, 0.29) is 24.8 Å². The average molecular weight is 571 g/mol. The molecule has 0 aromatic heterocycles. The van der Waals surface area contributed by atoms with Crippen molar-refractivity contribution < 1.29 is 19.5 Å². The van der Waals surface area contributed by atoms with Crippen LogP contribution < -0.4 is 5.32 Å². The molecule has 6 heteroatoms. The highest BCUT2D eigenvalue weighted by atomic mass is 16.4. The number of carboxylic acid groups (broad SMARTS) is 1. The summed E-state index contributed by atoms with van der Waals surface area (Å²) in [7, 11) is 0. The Labute approximate surface area is 251 Å². The van der Waals surface area contributed by atoms with Crippen molar-refractivity contribution in [2.24, 2.45) is 0 Å². The number of carbonyl (C=O) groups excluding carboxylic acids is 2. The number of carboxylic acids is 1. The zero-order valence-corrected chi connectivity index (χ0v) is 24.1. The van der Waals surface area contributed by atoms with Crippen molar-refractivity contribution >= 4 is 28.6 Å². The fourth-order valence-electron chi connectivity index (χ4n) is 5.40. The molecule has 0 heterocycles. The summed E-state index contributed by atoms with van der Waals surface area (Å²) in [6, 6.07) is 36.5. The number of nitrogens with one attached hydrogen (secondary N) is 1. The molecule has 0 saturated carbocycles. The van der Waals surface area contributed by atoms with Crippen LogP contribution in [0.1, 0.15) is 43.8 Å². The van der Waals surface area contributed by atoms with Crippen molar-refractivity contribution in [3.05, 3.63) is 143 Å². The van der Waals surface area contributed by atoms with Crippen molar-refractivity contribution in [3.8, 4) is 11.1 Å². The number of fused-ring (bicyclic) bond motifs is 1. The van der Waals surface area contributed by atoms with Crippen LogP contribution in [-0.4, -0.2) is 40.9 Å². The molecule has 0 aliphatic rings. The number of rotatable bonds is 11. The number of aliphatic carboxylic acids is 1. The van der Waals surface area contributed by atoms with Gasteiger partial charge in [-0.15, -0.1) is 0 Å². The third-order valence-corrected chi connectivity index (χ3v) is 7.73. The van der Waals surface area contributed by atoms with Crippen molar-refractivity contribution in [1.82, 2.24) is 10.2 Å². The van der Waals surface area contributed by atoms with Gasteiger partial charge < -0.3 is 15.3 Å². The van der Waals surface area contributed by atoms with Gasteiger partial charge in [0, 0.05) is 30.8 Å². The van der Waals surface area contributed by atoms with Crippen molar-refractivity contribution in [2.45, 2.75) is 26.3 Å². The average Bonchev–Trinajstić information content (AvgIpc) is 3.04. The molecule has 2 amide bonds. The minimum Gasteiger partial charge on any atom is -0.481 e. The van der Waals surface area contributed by atoms with Crippen LogP contribution in [0.4, 0.5) is 0 Å². The Morgan fingerprint density at radius 3 is 2.05 bits per heavy atom. The molecule has 0 fully saturated rings. The van der Waals surface area contributed by atoms with E-state index in [1.165, 1.54) is 0 Å². The summed E-state index contributed by atoms with van der Waals surface area (Å²) in [6.07, 6.45) is 0.447. The van der Waals surface area contributed by atoms with Gasteiger partial charge in [0.1, 0.15) is 0 Å². The number of nitrogens with zero attached hydrogens (tertiary/aromatic N) is 1. The number of benzene rings is 5. The van der Waals surface area contributed by atoms with E-state index in [1.54, 1.807) is 23.1 Å². The lowest BCUT2D eigenvalue weighted by Gasteiger charge is -2.24. The molecule has 6 nitrogen and oxygen atoms in total. The van der Waals surface area contributed by atoms with Crippen LogP contribution in [0.3, 0.4) is 0 Å². The Hall–Kier alpha value is -5.23. The normalized spacial score (nSPS) is 10.8. The van der Waals surface area contributed by atoms with E-state index in [0.29, 0.717) is 41.8 Å². The highest BCUT2D eigenvalue weighted by Gasteiger charge is 2.23. The van der Waals surface area contributed by atoms with Gasteiger partial charge in [0.2, 0.25) is 0 Å². The number of carbonyl (C=O) groups is 3. The van der Waals surface area contributed by atoms with Gasteiger partial charge in [-0.1, -0.05) is 103 Å². The highest BCUT2D eigenvalue weighted by molar-refractivity contribution is 6.06. The molecular formula is C37H34N2O4. The number of hydrogen-bond acceptors (Lipinski definition) is 3. The van der Waals surface area contributed by atoms with Gasteiger partial charge in [-0.25, -0.2) is 0 Å². The number of amides is 2. The molecule has 5 aromatic rings. The van der Waals surface area contributed by atoms with Gasteiger partial charge in [-0.3, -0.25) is 14.4 Å². The molecule has 5 rings (SSSR count). The van der Waals surface area contributed by atoms with Crippen LogP contribution in [0.5, 0.6) is 0 Å². The first-order valence-corrected chi connectivity index (χ1v) is 14.4. The highest BCUT2D eigenvalue weighted by Crippen LogP contribution is 2.29. The third-order valence-electron chi connectivity index (χ3n) is 7.73. The lowest BCUT2D eigenvalue weighted by Crippen LogP contribution is -2.35. The van der Waals surface area contributed by atoms with Gasteiger partial charge in [0.05, 0.1) is 6.42 Å². The maximum absolute atomic E-state index is 14.0. The first-order chi connectivity index (χ1) is 20.9. The molecule has 0 aliphatic carbocycles. The van der Waals surface area contributed by atoms with E-state index in [9.17, 15) is 19.5 Å². The summed E-state index contributed by atoms with van der Waals surface area (Å²) < 4.78 is 0. The Kier molecular flexibility index (Phi) is 9.27. The maximum atomic E-state index is 14.0. The molecular weight excluding hydrogens is 536 g/mol. The van der Waals surface area contributed by atoms with Gasteiger partial charge in [0.15, 0.2) is 0 Å². The molecule has 216 valence electrons. The van der Waals surface area contributed by atoms with Gasteiger partial charge in [-0.2, -0.15) is 0 Å². The second-order valence-corrected chi connectivity index (χ2v) is 10.5. The monoisotopic (exact) mass is 570 g/mol. The fourth-order valence-corrected chi connectivity index (χ4v) is 5.40. The summed E-state index contributed by atoms with van der Waals surface area (Å²) >= 11 is 0. The summed E-state index contributed by atoms with van der Waals surface area (Å²) in [5.74, 6) is -1.47. The second-order valence-electron chi connectivity index (χ2n) is 10.5. The number of hydrogen-bond donors (Lipinski definition) is 2. The maximum Gasteiger partial charge on any atom is 0.305 e. The molecule has 0 bridgehead atoms. The van der Waals surface area contributed by atoms with Crippen LogP contribution in [0.2, 0.25) is 0 Å². The molecule has 0 radical (unpaired) electrons. The Morgan fingerprint density at radius 1 is 0.674 bits per heavy atom. The molecule has 0 aliphatic heterocycles. The summed E-state index contributed by atoms with van der Waals surface area (Å²) in [5.41, 5.74) is 5.39. The van der Waals surface area contributed by atoms with E-state index < -0.39 is 5.97 Å². The van der Waals surface area contributed by atoms with Crippen molar-refractivity contribution in [2.75, 3.05) is 13.1 Å². The van der Waals surface area contributed by atoms with Crippen molar-refractivity contribution in [1.29, 1.82) is 0 Å². The zero-order chi connectivity index (χ0) is 30.2. The fraction of sp³-hybridized carbons (Fsp3) is 0.162. The first kappa shape index (κ1) is 29.3. The van der Waals surface area contributed by atoms with Gasteiger partial charge in [0.25, 0.3) is 11.8 Å². The summed E-state index contributed by atoms with van der Waals surface area (Å²) in [4.78, 5) is 40.6. The lowest BCUT2D eigenvalue weighted by atomic mass is 9.94. The molecule has 2 N–H and O–H groups in total. The van der Waals surface area contributed by atoms with E-state index in [1.807, 2.05) is 104 Å². The van der Waals surface area contributed by atoms with E-state index >= 15 is 0 Å². The molecule has 0 spiro atoms. The topological polar surface area (TPSA) is 86.7 Å². The molecule has 5 aromatic carbocycles. The van der Waals surface area contributed by atoms with E-state index in [4.69, 9.17) is 0 Å².